The van der Waals surface area contributed by atoms with Crippen LogP contribution in [-0.2, 0) is 14.6 Å². The Bertz CT molecular complexity index is 660. The molecule has 1 aliphatic heterocycles. The zero-order valence-electron chi connectivity index (χ0n) is 13.7. The van der Waals surface area contributed by atoms with Crippen LogP contribution >= 0.6 is 11.6 Å². The molecule has 0 aromatic heterocycles. The van der Waals surface area contributed by atoms with Crippen LogP contribution in [0.5, 0.6) is 0 Å². The predicted molar refractivity (Wildman–Crippen MR) is 93.2 cm³/mol. The van der Waals surface area contributed by atoms with Crippen molar-refractivity contribution in [1.29, 1.82) is 0 Å². The minimum Gasteiger partial charge on any atom is -0.342 e. The molecule has 4 nitrogen and oxygen atoms in total. The Morgan fingerprint density at radius 1 is 1.35 bits per heavy atom. The molecule has 0 bridgehead atoms. The van der Waals surface area contributed by atoms with Crippen molar-refractivity contribution < 1.29 is 13.2 Å². The third-order valence-corrected chi connectivity index (χ3v) is 7.02. The number of hydrogen-bond acceptors (Lipinski definition) is 3. The van der Waals surface area contributed by atoms with Crippen LogP contribution < -0.4 is 0 Å². The Balaban J connectivity index is 2.17. The Hall–Kier alpha value is -1.07. The fourth-order valence-electron chi connectivity index (χ4n) is 2.85. The molecule has 1 saturated heterocycles. The molecule has 23 heavy (non-hydrogen) atoms. The number of sulfone groups is 1. The Morgan fingerprint density at radius 3 is 2.70 bits per heavy atom. The number of rotatable bonds is 4. The minimum absolute atomic E-state index is 0.00483. The van der Waals surface area contributed by atoms with Crippen molar-refractivity contribution in [2.75, 3.05) is 18.8 Å². The lowest BCUT2D eigenvalue weighted by molar-refractivity contribution is -0.131. The first-order valence-corrected chi connectivity index (χ1v) is 10.2. The first-order chi connectivity index (χ1) is 10.8. The fraction of sp³-hybridized carbons (Fsp3) is 0.588. The van der Waals surface area contributed by atoms with Gasteiger partial charge in [0.15, 0.2) is 9.84 Å². The number of carbonyl (C=O) groups excluding carboxylic acids is 1. The van der Waals surface area contributed by atoms with Gasteiger partial charge >= 0.3 is 0 Å². The Labute approximate surface area is 143 Å². The summed E-state index contributed by atoms with van der Waals surface area (Å²) in [6.07, 6.45) is 1.83. The Morgan fingerprint density at radius 2 is 2.04 bits per heavy atom. The molecule has 1 heterocycles. The van der Waals surface area contributed by atoms with Crippen molar-refractivity contribution in [3.8, 4) is 0 Å². The highest BCUT2D eigenvalue weighted by Gasteiger charge is 2.33. The van der Waals surface area contributed by atoms with E-state index in [2.05, 4.69) is 6.92 Å². The van der Waals surface area contributed by atoms with Crippen molar-refractivity contribution in [2.24, 2.45) is 5.92 Å². The SMILES string of the molecule is CCC(C)CC(=O)N1CCC(c2ccccc2Cl)S(=O)(=O)CC1. The number of halogens is 1. The van der Waals surface area contributed by atoms with E-state index < -0.39 is 15.1 Å². The first kappa shape index (κ1) is 18.3. The molecule has 2 unspecified atom stereocenters. The van der Waals surface area contributed by atoms with E-state index in [1.54, 1.807) is 29.2 Å². The summed E-state index contributed by atoms with van der Waals surface area (Å²) < 4.78 is 25.2. The fourth-order valence-corrected chi connectivity index (χ4v) is 5.00. The molecule has 6 heteroatoms. The van der Waals surface area contributed by atoms with E-state index in [0.717, 1.165) is 6.42 Å². The van der Waals surface area contributed by atoms with E-state index in [4.69, 9.17) is 11.6 Å². The van der Waals surface area contributed by atoms with Gasteiger partial charge in [-0.15, -0.1) is 0 Å². The Kier molecular flexibility index (Phi) is 6.09. The van der Waals surface area contributed by atoms with Gasteiger partial charge in [-0.3, -0.25) is 4.79 Å². The van der Waals surface area contributed by atoms with Crippen molar-refractivity contribution in [2.45, 2.75) is 38.4 Å². The van der Waals surface area contributed by atoms with Crippen LogP contribution in [0.1, 0.15) is 43.9 Å². The molecule has 1 aromatic rings. The molecule has 2 atom stereocenters. The van der Waals surface area contributed by atoms with Gasteiger partial charge in [0.1, 0.15) is 0 Å². The van der Waals surface area contributed by atoms with Crippen molar-refractivity contribution in [3.63, 3.8) is 0 Å². The van der Waals surface area contributed by atoms with Crippen LogP contribution in [0, 0.1) is 5.92 Å². The summed E-state index contributed by atoms with van der Waals surface area (Å²) in [4.78, 5) is 14.0. The van der Waals surface area contributed by atoms with Gasteiger partial charge in [-0.25, -0.2) is 8.42 Å². The molecule has 0 saturated carbocycles. The molecule has 0 radical (unpaired) electrons. The van der Waals surface area contributed by atoms with Crippen molar-refractivity contribution >= 4 is 27.3 Å². The molecule has 0 spiro atoms. The van der Waals surface area contributed by atoms with E-state index in [1.165, 1.54) is 0 Å². The molecule has 1 fully saturated rings. The monoisotopic (exact) mass is 357 g/mol. The highest BCUT2D eigenvalue weighted by molar-refractivity contribution is 7.91. The van der Waals surface area contributed by atoms with E-state index in [1.807, 2.05) is 6.92 Å². The lowest BCUT2D eigenvalue weighted by Crippen LogP contribution is -2.34. The molecule has 128 valence electrons. The molecule has 1 amide bonds. The summed E-state index contributed by atoms with van der Waals surface area (Å²) in [7, 11) is -3.31. The average Bonchev–Trinajstić information content (AvgIpc) is 2.66. The average molecular weight is 358 g/mol. The molecule has 2 rings (SSSR count). The maximum absolute atomic E-state index is 12.6. The van der Waals surface area contributed by atoms with Crippen LogP contribution in [0.4, 0.5) is 0 Å². The number of hydrogen-bond donors (Lipinski definition) is 0. The molecule has 1 aromatic carbocycles. The smallest absolute Gasteiger partial charge is 0.222 e. The van der Waals surface area contributed by atoms with Crippen LogP contribution in [0.15, 0.2) is 24.3 Å². The van der Waals surface area contributed by atoms with Crippen molar-refractivity contribution in [1.82, 2.24) is 4.90 Å². The maximum atomic E-state index is 12.6. The second-order valence-electron chi connectivity index (χ2n) is 6.26. The number of nitrogens with zero attached hydrogens (tertiary/aromatic N) is 1. The second kappa shape index (κ2) is 7.67. The van der Waals surface area contributed by atoms with Gasteiger partial charge in [0, 0.05) is 24.5 Å². The van der Waals surface area contributed by atoms with Crippen LogP contribution in [0.25, 0.3) is 0 Å². The summed E-state index contributed by atoms with van der Waals surface area (Å²) in [6.45, 7) is 4.83. The highest BCUT2D eigenvalue weighted by Crippen LogP contribution is 2.34. The summed E-state index contributed by atoms with van der Waals surface area (Å²) in [6, 6.07) is 7.06. The molecular weight excluding hydrogens is 334 g/mol. The van der Waals surface area contributed by atoms with Gasteiger partial charge in [-0.2, -0.15) is 0 Å². The summed E-state index contributed by atoms with van der Waals surface area (Å²) >= 11 is 6.18. The summed E-state index contributed by atoms with van der Waals surface area (Å²) in [5, 5.41) is -0.155. The molecule has 1 aliphatic rings. The first-order valence-electron chi connectivity index (χ1n) is 8.09. The summed E-state index contributed by atoms with van der Waals surface area (Å²) in [5.41, 5.74) is 0.644. The predicted octanol–water partition coefficient (Wildman–Crippen LogP) is 3.46. The number of carbonyl (C=O) groups is 1. The standard InChI is InChI=1S/C17H24ClNO3S/c1-3-13(2)12-17(20)19-9-8-16(23(21,22)11-10-19)14-6-4-5-7-15(14)18/h4-7,13,16H,3,8-12H2,1-2H3. The van der Waals surface area contributed by atoms with Crippen LogP contribution in [0.2, 0.25) is 5.02 Å². The van der Waals surface area contributed by atoms with Gasteiger partial charge in [-0.1, -0.05) is 50.1 Å². The third-order valence-electron chi connectivity index (χ3n) is 4.57. The highest BCUT2D eigenvalue weighted by atomic mass is 35.5. The van der Waals surface area contributed by atoms with Gasteiger partial charge in [-0.05, 0) is 24.0 Å². The van der Waals surface area contributed by atoms with E-state index in [0.29, 0.717) is 35.9 Å². The lowest BCUT2D eigenvalue weighted by Gasteiger charge is -2.21. The van der Waals surface area contributed by atoms with Gasteiger partial charge in [0.05, 0.1) is 11.0 Å². The van der Waals surface area contributed by atoms with Crippen LogP contribution in [0.3, 0.4) is 0 Å². The topological polar surface area (TPSA) is 54.5 Å². The van der Waals surface area contributed by atoms with Gasteiger partial charge in [0.2, 0.25) is 5.91 Å². The van der Waals surface area contributed by atoms with Crippen LogP contribution in [-0.4, -0.2) is 38.1 Å². The molecular formula is C17H24ClNO3S. The maximum Gasteiger partial charge on any atom is 0.222 e. The molecule has 0 aliphatic carbocycles. The largest absolute Gasteiger partial charge is 0.342 e. The number of benzene rings is 1. The van der Waals surface area contributed by atoms with Gasteiger partial charge in [0.25, 0.3) is 0 Å². The lowest BCUT2D eigenvalue weighted by atomic mass is 10.0. The quantitative estimate of drug-likeness (QED) is 0.829. The summed E-state index contributed by atoms with van der Waals surface area (Å²) in [5.74, 6) is 0.367. The third kappa shape index (κ3) is 4.48. The van der Waals surface area contributed by atoms with Gasteiger partial charge < -0.3 is 4.90 Å². The normalized spacial score (nSPS) is 22.4. The van der Waals surface area contributed by atoms with E-state index in [9.17, 15) is 13.2 Å². The zero-order chi connectivity index (χ0) is 17.0. The van der Waals surface area contributed by atoms with E-state index >= 15 is 0 Å². The number of amides is 1. The second-order valence-corrected chi connectivity index (χ2v) is 8.97. The van der Waals surface area contributed by atoms with Crippen molar-refractivity contribution in [3.05, 3.63) is 34.9 Å². The zero-order valence-corrected chi connectivity index (χ0v) is 15.2. The van der Waals surface area contributed by atoms with E-state index in [-0.39, 0.29) is 18.2 Å². The molecule has 0 N–H and O–H groups in total. The minimum atomic E-state index is -3.31.